The van der Waals surface area contributed by atoms with Gasteiger partial charge in [0.05, 0.1) is 0 Å². The van der Waals surface area contributed by atoms with Gasteiger partial charge in [-0.15, -0.1) is 0 Å². The Morgan fingerprint density at radius 1 is 0.741 bits per heavy atom. The molecule has 1 N–H and O–H groups in total. The number of hydrogen-bond donors (Lipinski definition) is 1. The van der Waals surface area contributed by atoms with E-state index in [0.29, 0.717) is 37.7 Å². The molecule has 0 atom stereocenters. The van der Waals surface area contributed by atoms with Crippen LogP contribution in [-0.2, 0) is 9.59 Å². The van der Waals surface area contributed by atoms with Crippen LogP contribution in [0, 0.1) is 0 Å². The number of aromatic hydroxyl groups is 1. The minimum Gasteiger partial charge on any atom is -0.508 e. The molecule has 0 radical (unpaired) electrons. The van der Waals surface area contributed by atoms with Crippen LogP contribution in [0.4, 0.5) is 0 Å². The Morgan fingerprint density at radius 2 is 1.19 bits per heavy atom. The minimum absolute atomic E-state index is 0.0120. The van der Waals surface area contributed by atoms with Gasteiger partial charge in [0.1, 0.15) is 17.2 Å². The second-order valence-electron chi connectivity index (χ2n) is 6.15. The summed E-state index contributed by atoms with van der Waals surface area (Å²) in [6, 6.07) is 15.4. The number of amides is 2. The quantitative estimate of drug-likeness (QED) is 0.834. The van der Waals surface area contributed by atoms with Gasteiger partial charge in [-0.25, -0.2) is 0 Å². The molecule has 1 heterocycles. The van der Waals surface area contributed by atoms with Gasteiger partial charge in [0.15, 0.2) is 13.2 Å². The first-order valence-electron chi connectivity index (χ1n) is 8.77. The first kappa shape index (κ1) is 18.6. The van der Waals surface area contributed by atoms with E-state index in [2.05, 4.69) is 0 Å². The molecular formula is C20H22N2O5. The third-order valence-electron chi connectivity index (χ3n) is 4.29. The molecule has 0 spiro atoms. The lowest BCUT2D eigenvalue weighted by atomic mass is 10.3. The summed E-state index contributed by atoms with van der Waals surface area (Å²) in [5.41, 5.74) is 0. The van der Waals surface area contributed by atoms with Crippen LogP contribution in [0.3, 0.4) is 0 Å². The molecule has 1 aliphatic heterocycles. The second-order valence-corrected chi connectivity index (χ2v) is 6.15. The van der Waals surface area contributed by atoms with Crippen LogP contribution in [0.2, 0.25) is 0 Å². The molecule has 0 bridgehead atoms. The highest BCUT2D eigenvalue weighted by Crippen LogP contribution is 2.16. The third kappa shape index (κ3) is 5.37. The lowest BCUT2D eigenvalue weighted by Gasteiger charge is -2.34. The van der Waals surface area contributed by atoms with Crippen molar-refractivity contribution in [3.63, 3.8) is 0 Å². The highest BCUT2D eigenvalue weighted by molar-refractivity contribution is 5.80. The molecule has 7 nitrogen and oxygen atoms in total. The normalized spacial score (nSPS) is 13.9. The van der Waals surface area contributed by atoms with Crippen LogP contribution in [0.5, 0.6) is 17.2 Å². The molecule has 3 rings (SSSR count). The van der Waals surface area contributed by atoms with E-state index in [1.165, 1.54) is 12.1 Å². The lowest BCUT2D eigenvalue weighted by Crippen LogP contribution is -2.52. The Balaban J connectivity index is 1.39. The van der Waals surface area contributed by atoms with Crippen molar-refractivity contribution in [1.82, 2.24) is 9.80 Å². The molecule has 2 amide bonds. The topological polar surface area (TPSA) is 79.3 Å². The lowest BCUT2D eigenvalue weighted by molar-refractivity contribution is -0.141. The summed E-state index contributed by atoms with van der Waals surface area (Å²) in [6.07, 6.45) is 0. The fraction of sp³-hybridized carbons (Fsp3) is 0.300. The van der Waals surface area contributed by atoms with Crippen molar-refractivity contribution < 1.29 is 24.2 Å². The smallest absolute Gasteiger partial charge is 0.260 e. The van der Waals surface area contributed by atoms with Crippen LogP contribution >= 0.6 is 0 Å². The molecule has 1 fully saturated rings. The number of ether oxygens (including phenoxy) is 2. The van der Waals surface area contributed by atoms with Gasteiger partial charge in [-0.05, 0) is 36.4 Å². The Morgan fingerprint density at radius 3 is 1.67 bits per heavy atom. The molecule has 2 aromatic carbocycles. The number of carbonyl (C=O) groups is 2. The van der Waals surface area contributed by atoms with E-state index in [1.807, 2.05) is 18.2 Å². The maximum atomic E-state index is 12.2. The number of phenols is 1. The van der Waals surface area contributed by atoms with Crippen LogP contribution < -0.4 is 9.47 Å². The van der Waals surface area contributed by atoms with Crippen molar-refractivity contribution >= 4 is 11.8 Å². The maximum Gasteiger partial charge on any atom is 0.260 e. The van der Waals surface area contributed by atoms with Crippen molar-refractivity contribution in [3.8, 4) is 17.2 Å². The average molecular weight is 370 g/mol. The number of rotatable bonds is 6. The van der Waals surface area contributed by atoms with Gasteiger partial charge in [-0.2, -0.15) is 0 Å². The molecule has 7 heteroatoms. The Kier molecular flexibility index (Phi) is 6.14. The number of benzene rings is 2. The zero-order valence-electron chi connectivity index (χ0n) is 14.9. The van der Waals surface area contributed by atoms with Crippen molar-refractivity contribution in [1.29, 1.82) is 0 Å². The number of nitrogens with zero attached hydrogens (tertiary/aromatic N) is 2. The second kappa shape index (κ2) is 8.93. The zero-order valence-corrected chi connectivity index (χ0v) is 14.9. The Labute approximate surface area is 157 Å². The highest BCUT2D eigenvalue weighted by atomic mass is 16.5. The van der Waals surface area contributed by atoms with E-state index in [0.717, 1.165) is 0 Å². The molecule has 0 unspecified atom stereocenters. The predicted molar refractivity (Wildman–Crippen MR) is 98.7 cm³/mol. The molecule has 27 heavy (non-hydrogen) atoms. The molecule has 1 saturated heterocycles. The molecule has 0 aliphatic carbocycles. The van der Waals surface area contributed by atoms with Crippen molar-refractivity contribution in [2.75, 3.05) is 39.4 Å². The third-order valence-corrected chi connectivity index (χ3v) is 4.29. The Hall–Kier alpha value is -3.22. The van der Waals surface area contributed by atoms with E-state index >= 15 is 0 Å². The molecule has 0 aromatic heterocycles. The number of piperazine rings is 1. The fourth-order valence-electron chi connectivity index (χ4n) is 2.74. The van der Waals surface area contributed by atoms with Gasteiger partial charge in [0.25, 0.3) is 11.8 Å². The minimum atomic E-state index is -0.129. The van der Waals surface area contributed by atoms with E-state index < -0.39 is 0 Å². The van der Waals surface area contributed by atoms with Crippen molar-refractivity contribution in [2.45, 2.75) is 0 Å². The summed E-state index contributed by atoms with van der Waals surface area (Å²) in [5, 5.41) is 9.24. The van der Waals surface area contributed by atoms with E-state index in [4.69, 9.17) is 9.47 Å². The SMILES string of the molecule is O=C(COc1ccccc1)N1CCN(C(=O)COc2ccc(O)cc2)CC1. The van der Waals surface area contributed by atoms with Crippen LogP contribution in [0.25, 0.3) is 0 Å². The maximum absolute atomic E-state index is 12.2. The summed E-state index contributed by atoms with van der Waals surface area (Å²) in [5.74, 6) is 1.10. The van der Waals surface area contributed by atoms with Gasteiger partial charge in [-0.3, -0.25) is 9.59 Å². The number of hydrogen-bond acceptors (Lipinski definition) is 5. The standard InChI is InChI=1S/C20H22N2O5/c23-16-6-8-18(9-7-16)27-15-20(25)22-12-10-21(11-13-22)19(24)14-26-17-4-2-1-3-5-17/h1-9,23H,10-15H2. The monoisotopic (exact) mass is 370 g/mol. The zero-order chi connectivity index (χ0) is 19.1. The van der Waals surface area contributed by atoms with Gasteiger partial charge in [0, 0.05) is 26.2 Å². The fourth-order valence-corrected chi connectivity index (χ4v) is 2.74. The first-order chi connectivity index (χ1) is 13.1. The van der Waals surface area contributed by atoms with Crippen LogP contribution in [0.1, 0.15) is 0 Å². The van der Waals surface area contributed by atoms with E-state index in [-0.39, 0.29) is 30.8 Å². The largest absolute Gasteiger partial charge is 0.508 e. The number of para-hydroxylation sites is 1. The van der Waals surface area contributed by atoms with Crippen LogP contribution in [-0.4, -0.2) is 66.1 Å². The van der Waals surface area contributed by atoms with Gasteiger partial charge in [-0.1, -0.05) is 18.2 Å². The van der Waals surface area contributed by atoms with Crippen molar-refractivity contribution in [2.24, 2.45) is 0 Å². The van der Waals surface area contributed by atoms with E-state index in [9.17, 15) is 14.7 Å². The Bertz CT molecular complexity index is 756. The summed E-state index contributed by atoms with van der Waals surface area (Å²) >= 11 is 0. The molecular weight excluding hydrogens is 348 g/mol. The molecule has 0 saturated carbocycles. The summed E-state index contributed by atoms with van der Waals surface area (Å²) in [7, 11) is 0. The van der Waals surface area contributed by atoms with Crippen LogP contribution in [0.15, 0.2) is 54.6 Å². The summed E-state index contributed by atoms with van der Waals surface area (Å²) < 4.78 is 10.9. The van der Waals surface area contributed by atoms with Gasteiger partial charge < -0.3 is 24.4 Å². The van der Waals surface area contributed by atoms with Gasteiger partial charge in [0.2, 0.25) is 0 Å². The molecule has 142 valence electrons. The first-order valence-corrected chi connectivity index (χ1v) is 8.77. The van der Waals surface area contributed by atoms with Gasteiger partial charge >= 0.3 is 0 Å². The van der Waals surface area contributed by atoms with Crippen molar-refractivity contribution in [3.05, 3.63) is 54.6 Å². The average Bonchev–Trinajstić information content (AvgIpc) is 2.72. The number of carbonyl (C=O) groups excluding carboxylic acids is 2. The molecule has 1 aliphatic rings. The highest BCUT2D eigenvalue weighted by Gasteiger charge is 2.24. The summed E-state index contributed by atoms with van der Waals surface area (Å²) in [4.78, 5) is 27.9. The number of phenolic OH excluding ortho intramolecular Hbond substituents is 1. The molecule has 2 aromatic rings. The van der Waals surface area contributed by atoms with E-state index in [1.54, 1.807) is 34.1 Å². The summed E-state index contributed by atoms with van der Waals surface area (Å²) in [6.45, 7) is 1.80. The predicted octanol–water partition coefficient (Wildman–Crippen LogP) is 1.52.